The number of nitrogens with zero attached hydrogens (tertiary/aromatic N) is 4. The number of aromatic nitrogens is 3. The Morgan fingerprint density at radius 2 is 2.04 bits per heavy atom. The zero-order valence-electron chi connectivity index (χ0n) is 15.1. The molecule has 1 atom stereocenters. The molecule has 0 radical (unpaired) electrons. The number of hydrogen-bond donors (Lipinski definition) is 0. The van der Waals surface area contributed by atoms with E-state index in [4.69, 9.17) is 0 Å². The second kappa shape index (κ2) is 7.28. The van der Waals surface area contributed by atoms with Crippen molar-refractivity contribution in [1.29, 1.82) is 0 Å². The van der Waals surface area contributed by atoms with Gasteiger partial charge in [-0.05, 0) is 48.6 Å². The predicted octanol–water partition coefficient (Wildman–Crippen LogP) is 3.96. The third kappa shape index (κ3) is 3.62. The molecule has 1 heterocycles. The number of carbonyl (C=O) groups is 1. The van der Waals surface area contributed by atoms with Gasteiger partial charge in [0.25, 0.3) is 0 Å². The maximum absolute atomic E-state index is 12.9. The van der Waals surface area contributed by atoms with E-state index in [1.165, 1.54) is 22.7 Å². The van der Waals surface area contributed by atoms with Crippen LogP contribution in [0.4, 0.5) is 0 Å². The summed E-state index contributed by atoms with van der Waals surface area (Å²) in [4.78, 5) is 19.0. The molecule has 1 aliphatic carbocycles. The molecular weight excluding hydrogens is 324 g/mol. The first kappa shape index (κ1) is 16.8. The Kier molecular flexibility index (Phi) is 4.69. The molecule has 5 heteroatoms. The monoisotopic (exact) mass is 348 g/mol. The van der Waals surface area contributed by atoms with Crippen molar-refractivity contribution in [2.24, 2.45) is 0 Å². The molecule has 0 aliphatic heterocycles. The number of rotatable bonds is 7. The summed E-state index contributed by atoms with van der Waals surface area (Å²) >= 11 is 0. The van der Waals surface area contributed by atoms with Crippen molar-refractivity contribution in [2.45, 2.75) is 51.2 Å². The predicted molar refractivity (Wildman–Crippen MR) is 101 cm³/mol. The van der Waals surface area contributed by atoms with Crippen LogP contribution in [0, 0.1) is 0 Å². The van der Waals surface area contributed by atoms with Gasteiger partial charge < -0.3 is 4.90 Å². The second-order valence-corrected chi connectivity index (χ2v) is 7.08. The first-order chi connectivity index (χ1) is 12.7. The fourth-order valence-corrected chi connectivity index (χ4v) is 3.59. The van der Waals surface area contributed by atoms with Crippen LogP contribution in [0.1, 0.15) is 44.2 Å². The number of carbonyl (C=O) groups excluding carboxylic acids is 1. The van der Waals surface area contributed by atoms with Crippen LogP contribution in [0.25, 0.3) is 10.8 Å². The molecule has 2 aromatic carbocycles. The molecular formula is C21H24N4O. The maximum atomic E-state index is 12.9. The van der Waals surface area contributed by atoms with Crippen molar-refractivity contribution in [2.75, 3.05) is 0 Å². The van der Waals surface area contributed by atoms with Crippen molar-refractivity contribution in [1.82, 2.24) is 19.7 Å². The van der Waals surface area contributed by atoms with Gasteiger partial charge in [0.1, 0.15) is 12.7 Å². The van der Waals surface area contributed by atoms with Gasteiger partial charge >= 0.3 is 0 Å². The highest BCUT2D eigenvalue weighted by atomic mass is 16.2. The molecule has 26 heavy (non-hydrogen) atoms. The van der Waals surface area contributed by atoms with Crippen LogP contribution in [-0.4, -0.2) is 31.6 Å². The van der Waals surface area contributed by atoms with Crippen molar-refractivity contribution < 1.29 is 4.79 Å². The van der Waals surface area contributed by atoms with Gasteiger partial charge in [-0.25, -0.2) is 4.98 Å². The molecule has 1 fully saturated rings. The summed E-state index contributed by atoms with van der Waals surface area (Å²) in [7, 11) is 0. The molecule has 1 aromatic heterocycles. The molecule has 134 valence electrons. The van der Waals surface area contributed by atoms with Crippen LogP contribution in [0.5, 0.6) is 0 Å². The lowest BCUT2D eigenvalue weighted by atomic mass is 10.0. The average Bonchev–Trinajstić information content (AvgIpc) is 3.35. The zero-order valence-corrected chi connectivity index (χ0v) is 15.1. The summed E-state index contributed by atoms with van der Waals surface area (Å²) in [5, 5.41) is 6.56. The first-order valence-corrected chi connectivity index (χ1v) is 9.34. The van der Waals surface area contributed by atoms with Gasteiger partial charge in [-0.15, -0.1) is 0 Å². The molecule has 1 aliphatic rings. The molecule has 5 nitrogen and oxygen atoms in total. The van der Waals surface area contributed by atoms with E-state index < -0.39 is 0 Å². The Balaban J connectivity index is 1.46. The van der Waals surface area contributed by atoms with Crippen LogP contribution >= 0.6 is 0 Å². The second-order valence-electron chi connectivity index (χ2n) is 7.08. The van der Waals surface area contributed by atoms with Crippen LogP contribution in [0.2, 0.25) is 0 Å². The fraction of sp³-hybridized carbons (Fsp3) is 0.381. The molecule has 0 saturated heterocycles. The summed E-state index contributed by atoms with van der Waals surface area (Å²) in [6.45, 7) is 2.88. The highest BCUT2D eigenvalue weighted by molar-refractivity contribution is 5.83. The van der Waals surface area contributed by atoms with E-state index >= 15 is 0 Å². The minimum atomic E-state index is 0.103. The van der Waals surface area contributed by atoms with Gasteiger partial charge in [-0.1, -0.05) is 36.4 Å². The lowest BCUT2D eigenvalue weighted by Gasteiger charge is -2.30. The standard InChI is InChI=1S/C21H24N4O/c1-16(18-9-8-17-5-2-3-6-19(17)13-18)25(20-10-11-20)21(26)7-4-12-24-15-22-14-23-24/h2-3,5-6,8-9,13-16,20H,4,7,10-12H2,1H3/t16-/m1/s1. The van der Waals surface area contributed by atoms with E-state index in [9.17, 15) is 4.79 Å². The number of hydrogen-bond acceptors (Lipinski definition) is 3. The van der Waals surface area contributed by atoms with E-state index in [0.717, 1.165) is 25.8 Å². The maximum Gasteiger partial charge on any atom is 0.223 e. The number of benzene rings is 2. The minimum Gasteiger partial charge on any atom is -0.333 e. The van der Waals surface area contributed by atoms with Gasteiger partial charge in [0.15, 0.2) is 0 Å². The van der Waals surface area contributed by atoms with Gasteiger partial charge in [0, 0.05) is 19.0 Å². The topological polar surface area (TPSA) is 51.0 Å². The van der Waals surface area contributed by atoms with E-state index in [0.29, 0.717) is 12.5 Å². The minimum absolute atomic E-state index is 0.103. The lowest BCUT2D eigenvalue weighted by Crippen LogP contribution is -2.35. The smallest absolute Gasteiger partial charge is 0.223 e. The summed E-state index contributed by atoms with van der Waals surface area (Å²) < 4.78 is 1.78. The molecule has 0 spiro atoms. The van der Waals surface area contributed by atoms with Crippen LogP contribution in [-0.2, 0) is 11.3 Å². The zero-order chi connectivity index (χ0) is 17.9. The van der Waals surface area contributed by atoms with E-state index in [1.54, 1.807) is 11.0 Å². The van der Waals surface area contributed by atoms with Gasteiger partial charge in [0.2, 0.25) is 5.91 Å². The summed E-state index contributed by atoms with van der Waals surface area (Å²) in [5.41, 5.74) is 1.21. The average molecular weight is 348 g/mol. The molecule has 0 unspecified atom stereocenters. The third-order valence-corrected chi connectivity index (χ3v) is 5.15. The Hall–Kier alpha value is -2.69. The summed E-state index contributed by atoms with van der Waals surface area (Å²) in [6, 6.07) is 15.4. The van der Waals surface area contributed by atoms with Crippen molar-refractivity contribution in [3.8, 4) is 0 Å². The first-order valence-electron chi connectivity index (χ1n) is 9.34. The molecule has 3 aromatic rings. The molecule has 1 amide bonds. The third-order valence-electron chi connectivity index (χ3n) is 5.15. The van der Waals surface area contributed by atoms with E-state index in [2.05, 4.69) is 64.4 Å². The normalized spacial score (nSPS) is 15.1. The van der Waals surface area contributed by atoms with Gasteiger partial charge in [-0.3, -0.25) is 9.48 Å². The highest BCUT2D eigenvalue weighted by Crippen LogP contribution is 2.35. The quantitative estimate of drug-likeness (QED) is 0.649. The Morgan fingerprint density at radius 1 is 1.23 bits per heavy atom. The number of aryl methyl sites for hydroxylation is 1. The summed E-state index contributed by atoms with van der Waals surface area (Å²) in [5.74, 6) is 0.244. The van der Waals surface area contributed by atoms with Crippen LogP contribution in [0.3, 0.4) is 0 Å². The van der Waals surface area contributed by atoms with E-state index in [-0.39, 0.29) is 11.9 Å². The molecule has 4 rings (SSSR count). The molecule has 1 saturated carbocycles. The van der Waals surface area contributed by atoms with Crippen LogP contribution in [0.15, 0.2) is 55.1 Å². The van der Waals surface area contributed by atoms with Crippen molar-refractivity contribution >= 4 is 16.7 Å². The van der Waals surface area contributed by atoms with Gasteiger partial charge in [-0.2, -0.15) is 5.10 Å². The Morgan fingerprint density at radius 3 is 2.77 bits per heavy atom. The number of amides is 1. The molecule has 0 N–H and O–H groups in total. The van der Waals surface area contributed by atoms with Crippen molar-refractivity contribution in [3.63, 3.8) is 0 Å². The fourth-order valence-electron chi connectivity index (χ4n) is 3.59. The Bertz CT molecular complexity index is 886. The summed E-state index contributed by atoms with van der Waals surface area (Å²) in [6.07, 6.45) is 6.80. The highest BCUT2D eigenvalue weighted by Gasteiger charge is 2.35. The van der Waals surface area contributed by atoms with E-state index in [1.807, 2.05) is 0 Å². The largest absolute Gasteiger partial charge is 0.333 e. The van der Waals surface area contributed by atoms with Crippen LogP contribution < -0.4 is 0 Å². The lowest BCUT2D eigenvalue weighted by molar-refractivity contribution is -0.134. The number of fused-ring (bicyclic) bond motifs is 1. The Labute approximate surface area is 153 Å². The SMILES string of the molecule is C[C@H](c1ccc2ccccc2c1)N(C(=O)CCCn1cncn1)C1CC1. The molecule has 0 bridgehead atoms. The van der Waals surface area contributed by atoms with Crippen molar-refractivity contribution in [3.05, 3.63) is 60.7 Å². The van der Waals surface area contributed by atoms with Gasteiger partial charge in [0.05, 0.1) is 6.04 Å².